The van der Waals surface area contributed by atoms with E-state index in [4.69, 9.17) is 15.6 Å². The minimum absolute atomic E-state index is 0.00676. The zero-order chi connectivity index (χ0) is 13.5. The molecule has 1 amide bonds. The predicted molar refractivity (Wildman–Crippen MR) is 66.0 cm³/mol. The van der Waals surface area contributed by atoms with Gasteiger partial charge in [0.2, 0.25) is 5.91 Å². The smallest absolute Gasteiger partial charge is 0.311 e. The number of ether oxygens (including phenoxy) is 1. The lowest BCUT2D eigenvalue weighted by molar-refractivity contribution is -0.145. The van der Waals surface area contributed by atoms with Crippen molar-refractivity contribution in [2.24, 2.45) is 11.7 Å². The van der Waals surface area contributed by atoms with Crippen LogP contribution in [0.15, 0.2) is 0 Å². The van der Waals surface area contributed by atoms with E-state index in [-0.39, 0.29) is 18.6 Å². The fourth-order valence-electron chi connectivity index (χ4n) is 2.25. The van der Waals surface area contributed by atoms with Gasteiger partial charge in [-0.15, -0.1) is 0 Å². The van der Waals surface area contributed by atoms with Crippen LogP contribution in [0.2, 0.25) is 0 Å². The minimum atomic E-state index is -0.897. The summed E-state index contributed by atoms with van der Waals surface area (Å²) >= 11 is 0. The maximum absolute atomic E-state index is 12.0. The van der Waals surface area contributed by atoms with Gasteiger partial charge >= 0.3 is 5.97 Å². The molecule has 1 heterocycles. The molecule has 3 N–H and O–H groups in total. The van der Waals surface area contributed by atoms with Crippen LogP contribution in [0.5, 0.6) is 0 Å². The maximum Gasteiger partial charge on any atom is 0.311 e. The van der Waals surface area contributed by atoms with E-state index in [1.807, 2.05) is 6.92 Å². The average molecular weight is 258 g/mol. The van der Waals surface area contributed by atoms with E-state index in [2.05, 4.69) is 0 Å². The SMILES string of the molecule is CCN(C(=O)CCCCN)C1COCC1C(=O)O. The minimum Gasteiger partial charge on any atom is -0.481 e. The Hall–Kier alpha value is -1.14. The van der Waals surface area contributed by atoms with Gasteiger partial charge in [0.15, 0.2) is 0 Å². The van der Waals surface area contributed by atoms with E-state index >= 15 is 0 Å². The lowest BCUT2D eigenvalue weighted by Gasteiger charge is -2.29. The van der Waals surface area contributed by atoms with Crippen molar-refractivity contribution < 1.29 is 19.4 Å². The summed E-state index contributed by atoms with van der Waals surface area (Å²) < 4.78 is 5.19. The Labute approximate surface area is 107 Å². The van der Waals surface area contributed by atoms with E-state index in [1.165, 1.54) is 0 Å². The summed E-state index contributed by atoms with van der Waals surface area (Å²) in [6.45, 7) is 3.45. The van der Waals surface area contributed by atoms with Crippen LogP contribution in [0.4, 0.5) is 0 Å². The summed E-state index contributed by atoms with van der Waals surface area (Å²) in [5.41, 5.74) is 5.38. The van der Waals surface area contributed by atoms with Gasteiger partial charge in [0.05, 0.1) is 19.3 Å². The van der Waals surface area contributed by atoms with E-state index in [0.717, 1.165) is 12.8 Å². The van der Waals surface area contributed by atoms with Crippen LogP contribution in [0, 0.1) is 5.92 Å². The van der Waals surface area contributed by atoms with Crippen molar-refractivity contribution in [2.75, 3.05) is 26.3 Å². The van der Waals surface area contributed by atoms with Gasteiger partial charge in [0.25, 0.3) is 0 Å². The van der Waals surface area contributed by atoms with E-state index in [1.54, 1.807) is 4.90 Å². The number of nitrogens with two attached hydrogens (primary N) is 1. The van der Waals surface area contributed by atoms with Crippen LogP contribution in [-0.4, -0.2) is 54.2 Å². The first-order valence-electron chi connectivity index (χ1n) is 6.41. The Balaban J connectivity index is 2.58. The highest BCUT2D eigenvalue weighted by atomic mass is 16.5. The predicted octanol–water partition coefficient (Wildman–Crippen LogP) is 0.0635. The van der Waals surface area contributed by atoms with Crippen molar-refractivity contribution in [1.82, 2.24) is 4.90 Å². The van der Waals surface area contributed by atoms with Gasteiger partial charge in [-0.25, -0.2) is 0 Å². The third-order valence-corrected chi connectivity index (χ3v) is 3.27. The van der Waals surface area contributed by atoms with Crippen LogP contribution in [-0.2, 0) is 14.3 Å². The van der Waals surface area contributed by atoms with Gasteiger partial charge in [-0.2, -0.15) is 0 Å². The number of carbonyl (C=O) groups excluding carboxylic acids is 1. The third-order valence-electron chi connectivity index (χ3n) is 3.27. The van der Waals surface area contributed by atoms with Crippen LogP contribution >= 0.6 is 0 Å². The zero-order valence-corrected chi connectivity index (χ0v) is 10.8. The number of aliphatic carboxylic acids is 1. The lowest BCUT2D eigenvalue weighted by atomic mass is 10.0. The fourth-order valence-corrected chi connectivity index (χ4v) is 2.25. The average Bonchev–Trinajstić information content (AvgIpc) is 2.79. The van der Waals surface area contributed by atoms with Crippen molar-refractivity contribution in [3.63, 3.8) is 0 Å². The van der Waals surface area contributed by atoms with E-state index in [9.17, 15) is 9.59 Å². The van der Waals surface area contributed by atoms with E-state index in [0.29, 0.717) is 26.1 Å². The Morgan fingerprint density at radius 2 is 2.11 bits per heavy atom. The second kappa shape index (κ2) is 7.33. The summed E-state index contributed by atoms with van der Waals surface area (Å²) in [4.78, 5) is 24.7. The molecule has 0 aliphatic carbocycles. The van der Waals surface area contributed by atoms with Crippen molar-refractivity contribution in [2.45, 2.75) is 32.2 Å². The molecule has 0 aromatic rings. The molecule has 1 fully saturated rings. The molecule has 0 spiro atoms. The first-order valence-corrected chi connectivity index (χ1v) is 6.41. The van der Waals surface area contributed by atoms with Crippen LogP contribution < -0.4 is 5.73 Å². The molecule has 0 radical (unpaired) electrons. The Morgan fingerprint density at radius 3 is 2.67 bits per heavy atom. The molecule has 0 aromatic heterocycles. The molecule has 1 aliphatic rings. The van der Waals surface area contributed by atoms with Crippen molar-refractivity contribution in [3.05, 3.63) is 0 Å². The molecule has 2 unspecified atom stereocenters. The number of hydrogen-bond donors (Lipinski definition) is 2. The number of unbranched alkanes of at least 4 members (excludes halogenated alkanes) is 1. The highest BCUT2D eigenvalue weighted by Gasteiger charge is 2.39. The first kappa shape index (κ1) is 14.9. The molecule has 2 atom stereocenters. The van der Waals surface area contributed by atoms with E-state index < -0.39 is 11.9 Å². The Morgan fingerprint density at radius 1 is 1.39 bits per heavy atom. The van der Waals surface area contributed by atoms with Crippen molar-refractivity contribution in [1.29, 1.82) is 0 Å². The van der Waals surface area contributed by atoms with Crippen molar-refractivity contribution in [3.8, 4) is 0 Å². The van der Waals surface area contributed by atoms with Gasteiger partial charge in [0.1, 0.15) is 5.92 Å². The number of carboxylic acid groups (broad SMARTS) is 1. The first-order chi connectivity index (χ1) is 8.61. The largest absolute Gasteiger partial charge is 0.481 e. The quantitative estimate of drug-likeness (QED) is 0.630. The maximum atomic E-state index is 12.0. The van der Waals surface area contributed by atoms with Gasteiger partial charge in [-0.05, 0) is 26.3 Å². The van der Waals surface area contributed by atoms with Gasteiger partial charge in [-0.1, -0.05) is 0 Å². The zero-order valence-electron chi connectivity index (χ0n) is 10.8. The monoisotopic (exact) mass is 258 g/mol. The molecular weight excluding hydrogens is 236 g/mol. The molecule has 0 saturated carbocycles. The molecule has 18 heavy (non-hydrogen) atoms. The summed E-state index contributed by atoms with van der Waals surface area (Å²) in [6, 6.07) is -0.335. The molecule has 104 valence electrons. The van der Waals surface area contributed by atoms with Crippen LogP contribution in [0.1, 0.15) is 26.2 Å². The summed E-state index contributed by atoms with van der Waals surface area (Å²) in [5.74, 6) is -1.51. The number of likely N-dealkylation sites (N-methyl/N-ethyl adjacent to an activating group) is 1. The summed E-state index contributed by atoms with van der Waals surface area (Å²) in [5, 5.41) is 9.09. The molecule has 1 rings (SSSR count). The fraction of sp³-hybridized carbons (Fsp3) is 0.833. The summed E-state index contributed by atoms with van der Waals surface area (Å²) in [7, 11) is 0. The lowest BCUT2D eigenvalue weighted by Crippen LogP contribution is -2.46. The number of nitrogens with zero attached hydrogens (tertiary/aromatic N) is 1. The number of rotatable bonds is 7. The van der Waals surface area contributed by atoms with Gasteiger partial charge < -0.3 is 20.5 Å². The molecular formula is C12H22N2O4. The molecule has 0 aromatic carbocycles. The summed E-state index contributed by atoms with van der Waals surface area (Å²) in [6.07, 6.45) is 1.98. The topological polar surface area (TPSA) is 92.9 Å². The third kappa shape index (κ3) is 3.68. The molecule has 1 aliphatic heterocycles. The molecule has 0 bridgehead atoms. The second-order valence-corrected chi connectivity index (χ2v) is 4.48. The number of carbonyl (C=O) groups is 2. The van der Waals surface area contributed by atoms with Crippen LogP contribution in [0.3, 0.4) is 0 Å². The normalized spacial score (nSPS) is 23.0. The number of carboxylic acids is 1. The number of hydrogen-bond acceptors (Lipinski definition) is 4. The van der Waals surface area contributed by atoms with Gasteiger partial charge in [-0.3, -0.25) is 9.59 Å². The van der Waals surface area contributed by atoms with Crippen molar-refractivity contribution >= 4 is 11.9 Å². The van der Waals surface area contributed by atoms with Gasteiger partial charge in [0, 0.05) is 13.0 Å². The highest BCUT2D eigenvalue weighted by molar-refractivity contribution is 5.78. The Bertz CT molecular complexity index is 296. The Kier molecular flexibility index (Phi) is 6.07. The van der Waals surface area contributed by atoms with Crippen LogP contribution in [0.25, 0.3) is 0 Å². The molecule has 6 nitrogen and oxygen atoms in total. The highest BCUT2D eigenvalue weighted by Crippen LogP contribution is 2.21. The number of amides is 1. The molecule has 1 saturated heterocycles. The standard InChI is InChI=1S/C12H22N2O4/c1-2-14(11(15)5-3-4-6-13)10-8-18-7-9(10)12(16)17/h9-10H,2-8,13H2,1H3,(H,16,17). The molecule has 6 heteroatoms. The second-order valence-electron chi connectivity index (χ2n) is 4.48.